The summed E-state index contributed by atoms with van der Waals surface area (Å²) < 4.78 is 16.3. The Balaban J connectivity index is 2.30. The second-order valence-corrected chi connectivity index (χ2v) is 3.69. The van der Waals surface area contributed by atoms with Gasteiger partial charge in [0.05, 0.1) is 19.2 Å². The van der Waals surface area contributed by atoms with E-state index in [1.807, 2.05) is 0 Å². The molecule has 0 saturated carbocycles. The Morgan fingerprint density at radius 1 is 1.44 bits per heavy atom. The lowest BCUT2D eigenvalue weighted by Gasteiger charge is -2.03. The first kappa shape index (κ1) is 12.2. The van der Waals surface area contributed by atoms with E-state index in [2.05, 4.69) is 0 Å². The van der Waals surface area contributed by atoms with Gasteiger partial charge in [-0.15, -0.1) is 0 Å². The van der Waals surface area contributed by atoms with Crippen molar-refractivity contribution in [3.63, 3.8) is 0 Å². The van der Waals surface area contributed by atoms with Crippen molar-refractivity contribution in [2.24, 2.45) is 0 Å². The molecule has 0 aliphatic carbocycles. The Morgan fingerprint density at radius 2 is 2.22 bits per heavy atom. The number of rotatable bonds is 4. The van der Waals surface area contributed by atoms with E-state index in [-0.39, 0.29) is 19.1 Å². The minimum atomic E-state index is -0.481. The van der Waals surface area contributed by atoms with Crippen molar-refractivity contribution in [3.8, 4) is 5.75 Å². The van der Waals surface area contributed by atoms with Crippen molar-refractivity contribution < 1.29 is 18.7 Å². The van der Waals surface area contributed by atoms with Crippen LogP contribution >= 0.6 is 0 Å². The summed E-state index contributed by atoms with van der Waals surface area (Å²) in [6.45, 7) is 1.72. The molecule has 0 amide bonds. The predicted octanol–water partition coefficient (Wildman–Crippen LogP) is 1.17. The van der Waals surface area contributed by atoms with Crippen LogP contribution in [0.2, 0.25) is 0 Å². The normalized spacial score (nSPS) is 10.6. The third-order valence-electron chi connectivity index (χ3n) is 2.50. The van der Waals surface area contributed by atoms with Crippen molar-refractivity contribution in [2.75, 3.05) is 13.7 Å². The Hall–Kier alpha value is -2.24. The fourth-order valence-electron chi connectivity index (χ4n) is 1.67. The van der Waals surface area contributed by atoms with Crippen molar-refractivity contribution in [2.45, 2.75) is 13.5 Å². The number of esters is 1. The highest BCUT2D eigenvalue weighted by atomic mass is 16.5. The Morgan fingerprint density at radius 3 is 2.89 bits per heavy atom. The third-order valence-corrected chi connectivity index (χ3v) is 2.50. The molecular formula is C12H13NO5. The van der Waals surface area contributed by atoms with E-state index in [4.69, 9.17) is 13.9 Å². The highest BCUT2D eigenvalue weighted by molar-refractivity contribution is 5.74. The van der Waals surface area contributed by atoms with Gasteiger partial charge in [-0.2, -0.15) is 0 Å². The molecule has 0 bridgehead atoms. The van der Waals surface area contributed by atoms with Gasteiger partial charge in [-0.1, -0.05) is 0 Å². The van der Waals surface area contributed by atoms with Crippen LogP contribution in [-0.4, -0.2) is 24.3 Å². The summed E-state index contributed by atoms with van der Waals surface area (Å²) in [5.41, 5.74) is 1.09. The zero-order valence-corrected chi connectivity index (χ0v) is 10.1. The summed E-state index contributed by atoms with van der Waals surface area (Å²) in [4.78, 5) is 22.3. The quantitative estimate of drug-likeness (QED) is 0.763. The maximum atomic E-state index is 11.6. The van der Waals surface area contributed by atoms with Gasteiger partial charge >= 0.3 is 11.7 Å². The van der Waals surface area contributed by atoms with E-state index in [1.165, 1.54) is 18.6 Å². The monoisotopic (exact) mass is 251 g/mol. The van der Waals surface area contributed by atoms with Gasteiger partial charge in [0.15, 0.2) is 5.58 Å². The van der Waals surface area contributed by atoms with Crippen molar-refractivity contribution in [1.82, 2.24) is 4.57 Å². The number of ether oxygens (including phenoxy) is 2. The van der Waals surface area contributed by atoms with Crippen molar-refractivity contribution in [1.29, 1.82) is 0 Å². The summed E-state index contributed by atoms with van der Waals surface area (Å²) in [5, 5.41) is 0. The molecule has 6 nitrogen and oxygen atoms in total. The minimum absolute atomic E-state index is 0.135. The van der Waals surface area contributed by atoms with Gasteiger partial charge in [-0.3, -0.25) is 9.36 Å². The van der Waals surface area contributed by atoms with E-state index < -0.39 is 5.76 Å². The second-order valence-electron chi connectivity index (χ2n) is 3.69. The maximum absolute atomic E-state index is 11.6. The minimum Gasteiger partial charge on any atom is -0.497 e. The first-order valence-corrected chi connectivity index (χ1v) is 5.42. The molecule has 0 radical (unpaired) electrons. The van der Waals surface area contributed by atoms with Crippen molar-refractivity contribution >= 4 is 17.1 Å². The summed E-state index contributed by atoms with van der Waals surface area (Å²) >= 11 is 0. The van der Waals surface area contributed by atoms with E-state index in [9.17, 15) is 9.59 Å². The number of carbonyl (C=O) groups excluding carboxylic acids is 1. The lowest BCUT2D eigenvalue weighted by molar-refractivity contribution is -0.141. The summed E-state index contributed by atoms with van der Waals surface area (Å²) in [7, 11) is 1.54. The Bertz CT molecular complexity index is 625. The van der Waals surface area contributed by atoms with Gasteiger partial charge in [0, 0.05) is 13.0 Å². The smallest absolute Gasteiger partial charge is 0.420 e. The van der Waals surface area contributed by atoms with Gasteiger partial charge in [0.1, 0.15) is 12.4 Å². The molecular weight excluding hydrogens is 238 g/mol. The van der Waals surface area contributed by atoms with Gasteiger partial charge in [-0.05, 0) is 12.1 Å². The molecule has 2 rings (SSSR count). The zero-order valence-electron chi connectivity index (χ0n) is 10.1. The van der Waals surface area contributed by atoms with Crippen LogP contribution in [0.3, 0.4) is 0 Å². The van der Waals surface area contributed by atoms with Crippen LogP contribution < -0.4 is 10.5 Å². The number of benzene rings is 1. The molecule has 2 aromatic rings. The molecule has 0 aliphatic rings. The number of oxazole rings is 1. The molecule has 96 valence electrons. The van der Waals surface area contributed by atoms with Gasteiger partial charge in [-0.25, -0.2) is 4.79 Å². The van der Waals surface area contributed by atoms with Crippen LogP contribution in [0.1, 0.15) is 6.92 Å². The first-order valence-electron chi connectivity index (χ1n) is 5.42. The number of carbonyl (C=O) groups is 1. The van der Waals surface area contributed by atoms with E-state index in [0.29, 0.717) is 16.8 Å². The largest absolute Gasteiger partial charge is 0.497 e. The summed E-state index contributed by atoms with van der Waals surface area (Å²) in [5.74, 6) is -0.244. The van der Waals surface area contributed by atoms with Crippen LogP contribution in [0.4, 0.5) is 0 Å². The standard InChI is InChI=1S/C12H13NO5/c1-8(14)17-6-5-13-10-4-3-9(16-2)7-11(10)18-12(13)15/h3-4,7H,5-6H2,1-2H3. The average Bonchev–Trinajstić information content (AvgIpc) is 2.64. The molecule has 0 atom stereocenters. The molecule has 6 heteroatoms. The lowest BCUT2D eigenvalue weighted by atomic mass is 10.3. The molecule has 0 aliphatic heterocycles. The third kappa shape index (κ3) is 2.37. The summed E-state index contributed by atoms with van der Waals surface area (Å²) in [6.07, 6.45) is 0. The molecule has 18 heavy (non-hydrogen) atoms. The van der Waals surface area contributed by atoms with E-state index in [1.54, 1.807) is 18.2 Å². The lowest BCUT2D eigenvalue weighted by Crippen LogP contribution is -2.18. The molecule has 0 unspecified atom stereocenters. The SMILES string of the molecule is COc1ccc2c(c1)oc(=O)n2CCOC(C)=O. The van der Waals surface area contributed by atoms with Crippen LogP contribution in [0.15, 0.2) is 27.4 Å². The van der Waals surface area contributed by atoms with E-state index >= 15 is 0 Å². The number of fused-ring (bicyclic) bond motifs is 1. The zero-order chi connectivity index (χ0) is 13.1. The highest BCUT2D eigenvalue weighted by Crippen LogP contribution is 2.19. The first-order chi connectivity index (χ1) is 8.61. The maximum Gasteiger partial charge on any atom is 0.420 e. The topological polar surface area (TPSA) is 70.7 Å². The molecule has 0 fully saturated rings. The fourth-order valence-corrected chi connectivity index (χ4v) is 1.67. The predicted molar refractivity (Wildman–Crippen MR) is 63.7 cm³/mol. The molecule has 0 spiro atoms. The molecule has 0 saturated heterocycles. The molecule has 0 N–H and O–H groups in total. The number of aromatic nitrogens is 1. The Kier molecular flexibility index (Phi) is 3.36. The van der Waals surface area contributed by atoms with E-state index in [0.717, 1.165) is 0 Å². The number of nitrogens with zero attached hydrogens (tertiary/aromatic N) is 1. The van der Waals surface area contributed by atoms with Gasteiger partial charge in [0.25, 0.3) is 0 Å². The molecule has 1 aromatic heterocycles. The van der Waals surface area contributed by atoms with Crippen LogP contribution in [0.5, 0.6) is 5.75 Å². The highest BCUT2D eigenvalue weighted by Gasteiger charge is 2.10. The average molecular weight is 251 g/mol. The van der Waals surface area contributed by atoms with Crippen LogP contribution in [0, 0.1) is 0 Å². The fraction of sp³-hybridized carbons (Fsp3) is 0.333. The second kappa shape index (κ2) is 4.95. The van der Waals surface area contributed by atoms with Gasteiger partial charge in [0.2, 0.25) is 0 Å². The van der Waals surface area contributed by atoms with Crippen molar-refractivity contribution in [3.05, 3.63) is 28.7 Å². The summed E-state index contributed by atoms with van der Waals surface area (Å²) in [6, 6.07) is 5.10. The van der Waals surface area contributed by atoms with Crippen LogP contribution in [-0.2, 0) is 16.1 Å². The van der Waals surface area contributed by atoms with Crippen LogP contribution in [0.25, 0.3) is 11.1 Å². The molecule has 1 aromatic carbocycles. The van der Waals surface area contributed by atoms with Gasteiger partial charge < -0.3 is 13.9 Å². The Labute approximate surface area is 103 Å². The molecule has 1 heterocycles. The number of hydrogen-bond donors (Lipinski definition) is 0. The number of methoxy groups -OCH3 is 1. The number of hydrogen-bond acceptors (Lipinski definition) is 5.